The fourth-order valence-corrected chi connectivity index (χ4v) is 3.46. The summed E-state index contributed by atoms with van der Waals surface area (Å²) in [5, 5.41) is 0.634. The lowest BCUT2D eigenvalue weighted by atomic mass is 10.1. The first-order valence-corrected chi connectivity index (χ1v) is 10.6. The SMILES string of the molecule is O=C1CCOc2ccccc21.O=C1COc2ccccc2C1.O=c1ccoc2ccccc12. The molecule has 6 rings (SSSR count). The van der Waals surface area contributed by atoms with Gasteiger partial charge in [-0.2, -0.15) is 0 Å². The molecule has 2 aliphatic rings. The van der Waals surface area contributed by atoms with Crippen LogP contribution >= 0.6 is 0 Å². The van der Waals surface area contributed by atoms with Crippen LogP contribution in [0.3, 0.4) is 0 Å². The van der Waals surface area contributed by atoms with Crippen LogP contribution < -0.4 is 14.9 Å². The van der Waals surface area contributed by atoms with E-state index >= 15 is 0 Å². The van der Waals surface area contributed by atoms with E-state index in [-0.39, 0.29) is 23.6 Å². The van der Waals surface area contributed by atoms with E-state index in [1.54, 1.807) is 18.2 Å². The lowest BCUT2D eigenvalue weighted by molar-refractivity contribution is -0.121. The quantitative estimate of drug-likeness (QED) is 0.395. The molecule has 3 heterocycles. The Kier molecular flexibility index (Phi) is 6.95. The van der Waals surface area contributed by atoms with Gasteiger partial charge in [-0.05, 0) is 30.3 Å². The molecule has 0 atom stereocenters. The number of rotatable bonds is 0. The van der Waals surface area contributed by atoms with Gasteiger partial charge >= 0.3 is 0 Å². The van der Waals surface area contributed by atoms with Gasteiger partial charge in [-0.25, -0.2) is 0 Å². The molecule has 0 spiro atoms. The van der Waals surface area contributed by atoms with E-state index in [2.05, 4.69) is 0 Å². The van der Waals surface area contributed by atoms with Crippen molar-refractivity contribution in [2.24, 2.45) is 0 Å². The largest absolute Gasteiger partial charge is 0.492 e. The Hall–Kier alpha value is -4.19. The summed E-state index contributed by atoms with van der Waals surface area (Å²) in [4.78, 5) is 33.2. The number of hydrogen-bond acceptors (Lipinski definition) is 6. The molecule has 4 aromatic rings. The summed E-state index contributed by atoms with van der Waals surface area (Å²) >= 11 is 0. The van der Waals surface area contributed by atoms with Crippen molar-refractivity contribution in [2.45, 2.75) is 12.8 Å². The average molecular weight is 442 g/mol. The summed E-state index contributed by atoms with van der Waals surface area (Å²) in [7, 11) is 0. The number of para-hydroxylation sites is 3. The predicted molar refractivity (Wildman–Crippen MR) is 124 cm³/mol. The van der Waals surface area contributed by atoms with E-state index in [1.807, 2.05) is 54.6 Å². The summed E-state index contributed by atoms with van der Waals surface area (Å²) in [5.74, 6) is 1.92. The van der Waals surface area contributed by atoms with Gasteiger partial charge in [0.1, 0.15) is 23.7 Å². The molecular formula is C27H22O6. The second-order valence-electron chi connectivity index (χ2n) is 7.41. The first-order valence-electron chi connectivity index (χ1n) is 10.6. The Balaban J connectivity index is 0.000000118. The molecule has 166 valence electrons. The minimum atomic E-state index is 0.00634. The van der Waals surface area contributed by atoms with Gasteiger partial charge < -0.3 is 13.9 Å². The molecular weight excluding hydrogens is 420 g/mol. The summed E-state index contributed by atoms with van der Waals surface area (Å²) in [6.07, 6.45) is 2.44. The molecule has 3 aromatic carbocycles. The van der Waals surface area contributed by atoms with E-state index in [0.717, 1.165) is 22.6 Å². The van der Waals surface area contributed by atoms with E-state index in [9.17, 15) is 14.4 Å². The highest BCUT2D eigenvalue weighted by Crippen LogP contribution is 2.23. The number of carbonyl (C=O) groups excluding carboxylic acids is 2. The minimum Gasteiger partial charge on any atom is -0.492 e. The molecule has 0 saturated heterocycles. The number of Topliss-reactive ketones (excluding diaryl/α,β-unsaturated/α-hetero) is 2. The van der Waals surface area contributed by atoms with Crippen LogP contribution in [0.4, 0.5) is 0 Å². The molecule has 6 nitrogen and oxygen atoms in total. The number of fused-ring (bicyclic) bond motifs is 3. The molecule has 0 bridgehead atoms. The molecule has 6 heteroatoms. The van der Waals surface area contributed by atoms with E-state index in [1.165, 1.54) is 12.3 Å². The van der Waals surface area contributed by atoms with Crippen molar-refractivity contribution in [3.8, 4) is 11.5 Å². The van der Waals surface area contributed by atoms with E-state index < -0.39 is 0 Å². The highest BCUT2D eigenvalue weighted by Gasteiger charge is 2.16. The number of ketones is 2. The monoisotopic (exact) mass is 442 g/mol. The summed E-state index contributed by atoms with van der Waals surface area (Å²) in [6.45, 7) is 0.757. The van der Waals surface area contributed by atoms with Crippen molar-refractivity contribution >= 4 is 22.5 Å². The highest BCUT2D eigenvalue weighted by molar-refractivity contribution is 5.99. The molecule has 0 amide bonds. The van der Waals surface area contributed by atoms with Crippen LogP contribution in [0.2, 0.25) is 0 Å². The molecule has 0 fully saturated rings. The van der Waals surface area contributed by atoms with Crippen LogP contribution in [0.1, 0.15) is 22.3 Å². The predicted octanol–water partition coefficient (Wildman–Crippen LogP) is 4.64. The van der Waals surface area contributed by atoms with Crippen molar-refractivity contribution in [1.29, 1.82) is 0 Å². The molecule has 0 N–H and O–H groups in total. The maximum absolute atomic E-state index is 11.2. The maximum Gasteiger partial charge on any atom is 0.192 e. The Morgan fingerprint density at radius 3 is 2.24 bits per heavy atom. The molecule has 0 aliphatic carbocycles. The smallest absolute Gasteiger partial charge is 0.192 e. The van der Waals surface area contributed by atoms with Gasteiger partial charge in [-0.15, -0.1) is 0 Å². The molecule has 33 heavy (non-hydrogen) atoms. The Bertz CT molecular complexity index is 1330. The Morgan fingerprint density at radius 2 is 1.42 bits per heavy atom. The van der Waals surface area contributed by atoms with Crippen molar-refractivity contribution in [3.63, 3.8) is 0 Å². The third-order valence-corrected chi connectivity index (χ3v) is 5.09. The van der Waals surface area contributed by atoms with Crippen LogP contribution in [0.5, 0.6) is 11.5 Å². The topological polar surface area (TPSA) is 82.8 Å². The van der Waals surface area contributed by atoms with Gasteiger partial charge in [0.15, 0.2) is 17.0 Å². The second kappa shape index (κ2) is 10.4. The van der Waals surface area contributed by atoms with Gasteiger partial charge in [-0.1, -0.05) is 42.5 Å². The molecule has 0 saturated carbocycles. The highest BCUT2D eigenvalue weighted by atomic mass is 16.5. The van der Waals surface area contributed by atoms with Gasteiger partial charge in [0.2, 0.25) is 0 Å². The molecule has 2 aliphatic heterocycles. The van der Waals surface area contributed by atoms with Crippen LogP contribution in [0.25, 0.3) is 11.0 Å². The molecule has 0 unspecified atom stereocenters. The summed E-state index contributed by atoms with van der Waals surface area (Å²) in [5.41, 5.74) is 2.37. The van der Waals surface area contributed by atoms with Gasteiger partial charge in [-0.3, -0.25) is 14.4 Å². The number of benzene rings is 3. The Morgan fingerprint density at radius 1 is 0.697 bits per heavy atom. The zero-order valence-corrected chi connectivity index (χ0v) is 17.9. The minimum absolute atomic E-state index is 0.00634. The third kappa shape index (κ3) is 5.54. The maximum atomic E-state index is 11.2. The van der Waals surface area contributed by atoms with Crippen LogP contribution in [0.15, 0.2) is 94.3 Å². The fraction of sp³-hybridized carbons (Fsp3) is 0.148. The number of hydrogen-bond donors (Lipinski definition) is 0. The number of carbonyl (C=O) groups is 2. The van der Waals surface area contributed by atoms with Crippen LogP contribution in [-0.2, 0) is 11.2 Å². The lowest BCUT2D eigenvalue weighted by Crippen LogP contribution is -2.19. The van der Waals surface area contributed by atoms with Crippen molar-refractivity contribution in [2.75, 3.05) is 13.2 Å². The summed E-state index contributed by atoms with van der Waals surface area (Å²) < 4.78 is 15.6. The van der Waals surface area contributed by atoms with Crippen LogP contribution in [-0.4, -0.2) is 24.8 Å². The first kappa shape index (κ1) is 22.0. The van der Waals surface area contributed by atoms with Crippen molar-refractivity contribution < 1.29 is 23.5 Å². The third-order valence-electron chi connectivity index (χ3n) is 5.09. The normalized spacial score (nSPS) is 13.7. The van der Waals surface area contributed by atoms with Crippen molar-refractivity contribution in [1.82, 2.24) is 0 Å². The second-order valence-corrected chi connectivity index (χ2v) is 7.41. The van der Waals surface area contributed by atoms with E-state index in [0.29, 0.717) is 30.4 Å². The average Bonchev–Trinajstić information content (AvgIpc) is 2.86. The van der Waals surface area contributed by atoms with Gasteiger partial charge in [0.25, 0.3) is 0 Å². The van der Waals surface area contributed by atoms with Gasteiger partial charge in [0.05, 0.1) is 23.8 Å². The molecule has 0 radical (unpaired) electrons. The first-order chi connectivity index (χ1) is 16.1. The standard InChI is InChI=1S/2C9H8O2.C9H6O2/c10-8-5-7-3-1-2-4-9(7)11-6-8;2*10-8-5-6-11-9-4-2-1-3-7(8)9/h2*1-4H,5-6H2;1-6H. The van der Waals surface area contributed by atoms with Crippen LogP contribution in [0, 0.1) is 0 Å². The fourth-order valence-electron chi connectivity index (χ4n) is 3.46. The van der Waals surface area contributed by atoms with E-state index in [4.69, 9.17) is 13.9 Å². The zero-order chi connectivity index (χ0) is 23.0. The number of ether oxygens (including phenoxy) is 2. The summed E-state index contributed by atoms with van der Waals surface area (Å²) in [6, 6.07) is 23.6. The van der Waals surface area contributed by atoms with Gasteiger partial charge in [0, 0.05) is 24.5 Å². The zero-order valence-electron chi connectivity index (χ0n) is 17.9. The lowest BCUT2D eigenvalue weighted by Gasteiger charge is -2.14. The van der Waals surface area contributed by atoms with Crippen molar-refractivity contribution in [3.05, 3.63) is 106 Å². The molecule has 1 aromatic heterocycles. The Labute approximate surface area is 190 Å².